The summed E-state index contributed by atoms with van der Waals surface area (Å²) in [7, 11) is 1.12. The van der Waals surface area contributed by atoms with E-state index in [1.165, 1.54) is 6.08 Å². The summed E-state index contributed by atoms with van der Waals surface area (Å²) in [5.41, 5.74) is 0. The Morgan fingerprint density at radius 3 is 2.67 bits per heavy atom. The molecule has 1 nitrogen and oxygen atoms in total. The SMILES string of the molecule is FN1[B]C(Cl)=CC(Cl)=C1. The van der Waals surface area contributed by atoms with Gasteiger partial charge in [0.1, 0.15) is 0 Å². The predicted octanol–water partition coefficient (Wildman–Crippen LogP) is 1.97. The molecular weight excluding hydrogens is 163 g/mol. The standard InChI is InChI=1S/C4H2BCl2FN/c6-3-1-4(7)5-9(8)2-3/h1-2H. The molecule has 47 valence electrons. The van der Waals surface area contributed by atoms with Crippen molar-refractivity contribution in [3.8, 4) is 0 Å². The average molecular weight is 165 g/mol. The number of hydrogen-bond acceptors (Lipinski definition) is 1. The molecule has 0 spiro atoms. The van der Waals surface area contributed by atoms with Gasteiger partial charge in [0.15, 0.2) is 0 Å². The normalized spacial score (nSPS) is 18.3. The van der Waals surface area contributed by atoms with Crippen molar-refractivity contribution in [2.24, 2.45) is 0 Å². The molecule has 1 heterocycles. The lowest BCUT2D eigenvalue weighted by molar-refractivity contribution is 0.211. The fourth-order valence-electron chi connectivity index (χ4n) is 0.479. The van der Waals surface area contributed by atoms with E-state index in [0.717, 1.165) is 13.6 Å². The second-order valence-corrected chi connectivity index (χ2v) is 2.39. The minimum Gasteiger partial charge on any atom is -0.264 e. The summed E-state index contributed by atoms with van der Waals surface area (Å²) in [6.45, 7) is 0. The van der Waals surface area contributed by atoms with E-state index in [-0.39, 0.29) is 9.96 Å². The lowest BCUT2D eigenvalue weighted by Gasteiger charge is -2.10. The van der Waals surface area contributed by atoms with Crippen LogP contribution in [-0.2, 0) is 0 Å². The highest BCUT2D eigenvalue weighted by molar-refractivity contribution is 6.63. The van der Waals surface area contributed by atoms with Crippen molar-refractivity contribution in [2.45, 2.75) is 0 Å². The minimum atomic E-state index is 0.282. The van der Waals surface area contributed by atoms with Crippen LogP contribution in [0.2, 0.25) is 0 Å². The van der Waals surface area contributed by atoms with Crippen LogP contribution in [0.25, 0.3) is 0 Å². The van der Waals surface area contributed by atoms with Crippen LogP contribution < -0.4 is 0 Å². The molecule has 0 aromatic rings. The van der Waals surface area contributed by atoms with Gasteiger partial charge in [-0.05, 0) is 6.08 Å². The average Bonchev–Trinajstić information content (AvgIpc) is 1.59. The molecule has 0 amide bonds. The van der Waals surface area contributed by atoms with Crippen molar-refractivity contribution in [1.82, 2.24) is 5.03 Å². The first-order valence-corrected chi connectivity index (χ1v) is 2.97. The monoisotopic (exact) mass is 164 g/mol. The lowest BCUT2D eigenvalue weighted by Crippen LogP contribution is -2.15. The van der Waals surface area contributed by atoms with Gasteiger partial charge in [-0.25, -0.2) is 0 Å². The first-order chi connectivity index (χ1) is 4.18. The molecule has 0 fully saturated rings. The van der Waals surface area contributed by atoms with Gasteiger partial charge < -0.3 is 0 Å². The van der Waals surface area contributed by atoms with Crippen LogP contribution in [-0.4, -0.2) is 12.4 Å². The number of hydrogen-bond donors (Lipinski definition) is 0. The van der Waals surface area contributed by atoms with Crippen molar-refractivity contribution in [3.05, 3.63) is 22.2 Å². The van der Waals surface area contributed by atoms with Crippen LogP contribution in [0.3, 0.4) is 0 Å². The largest absolute Gasteiger partial charge is 0.342 e. The number of allylic oxidation sites excluding steroid dienone is 2. The Morgan fingerprint density at radius 2 is 2.22 bits per heavy atom. The van der Waals surface area contributed by atoms with Gasteiger partial charge in [0.25, 0.3) is 0 Å². The highest BCUT2D eigenvalue weighted by Crippen LogP contribution is 2.17. The van der Waals surface area contributed by atoms with E-state index < -0.39 is 0 Å². The zero-order valence-corrected chi connectivity index (χ0v) is 5.83. The number of rotatable bonds is 0. The van der Waals surface area contributed by atoms with Crippen LogP contribution in [0.5, 0.6) is 0 Å². The van der Waals surface area contributed by atoms with E-state index >= 15 is 0 Å². The molecule has 1 rings (SSSR count). The van der Waals surface area contributed by atoms with Crippen molar-refractivity contribution >= 4 is 30.6 Å². The molecule has 0 aliphatic carbocycles. The summed E-state index contributed by atoms with van der Waals surface area (Å²) in [5.74, 6) is 0. The second kappa shape index (κ2) is 2.63. The molecule has 1 radical (unpaired) electrons. The maximum atomic E-state index is 12.2. The summed E-state index contributed by atoms with van der Waals surface area (Å²) in [5, 5.41) is 0.593. The summed E-state index contributed by atoms with van der Waals surface area (Å²) in [6, 6.07) is 0. The molecule has 1 aliphatic rings. The molecule has 1 aliphatic heterocycles. The molecule has 9 heavy (non-hydrogen) atoms. The van der Waals surface area contributed by atoms with Crippen LogP contribution in [0.1, 0.15) is 0 Å². The fraction of sp³-hybridized carbons (Fsp3) is 0. The Hall–Kier alpha value is -0.145. The smallest absolute Gasteiger partial charge is 0.264 e. The van der Waals surface area contributed by atoms with Crippen molar-refractivity contribution in [3.63, 3.8) is 0 Å². The Labute approximate surface area is 62.9 Å². The predicted molar refractivity (Wildman–Crippen MR) is 36.6 cm³/mol. The van der Waals surface area contributed by atoms with Gasteiger partial charge in [-0.3, -0.25) is 5.03 Å². The Bertz CT molecular complexity index is 179. The third kappa shape index (κ3) is 1.92. The summed E-state index contributed by atoms with van der Waals surface area (Å²) in [6.07, 6.45) is 2.58. The topological polar surface area (TPSA) is 3.24 Å². The Kier molecular flexibility index (Phi) is 2.03. The maximum Gasteiger partial charge on any atom is 0.342 e. The Balaban J connectivity index is 2.74. The summed E-state index contributed by atoms with van der Waals surface area (Å²) in [4.78, 5) is 0.282. The first-order valence-electron chi connectivity index (χ1n) is 2.22. The number of nitrogens with zero attached hydrogens (tertiary/aromatic N) is 1. The molecular formula is C4H2BCl2FN. The van der Waals surface area contributed by atoms with Gasteiger partial charge in [-0.15, -0.1) is 4.48 Å². The molecule has 0 aromatic heterocycles. The van der Waals surface area contributed by atoms with E-state index in [2.05, 4.69) is 0 Å². The third-order valence-electron chi connectivity index (χ3n) is 0.769. The van der Waals surface area contributed by atoms with Crippen LogP contribution in [0.4, 0.5) is 4.48 Å². The van der Waals surface area contributed by atoms with Gasteiger partial charge in [-0.2, -0.15) is 0 Å². The second-order valence-electron chi connectivity index (χ2n) is 1.52. The van der Waals surface area contributed by atoms with Crippen molar-refractivity contribution in [1.29, 1.82) is 0 Å². The highest BCUT2D eigenvalue weighted by atomic mass is 35.5. The van der Waals surface area contributed by atoms with E-state index in [0.29, 0.717) is 5.03 Å². The van der Waals surface area contributed by atoms with Crippen molar-refractivity contribution < 1.29 is 4.48 Å². The molecule has 0 unspecified atom stereocenters. The van der Waals surface area contributed by atoms with Crippen molar-refractivity contribution in [2.75, 3.05) is 0 Å². The minimum absolute atomic E-state index is 0.282. The van der Waals surface area contributed by atoms with E-state index in [1.54, 1.807) is 0 Å². The molecule has 5 heteroatoms. The van der Waals surface area contributed by atoms with Crippen LogP contribution >= 0.6 is 23.2 Å². The summed E-state index contributed by atoms with van der Waals surface area (Å²) < 4.78 is 12.2. The number of halogens is 3. The molecule has 0 saturated heterocycles. The molecule has 0 bridgehead atoms. The molecule has 0 saturated carbocycles. The van der Waals surface area contributed by atoms with E-state index in [9.17, 15) is 4.48 Å². The van der Waals surface area contributed by atoms with Crippen LogP contribution in [0.15, 0.2) is 22.2 Å². The maximum absolute atomic E-state index is 12.2. The summed E-state index contributed by atoms with van der Waals surface area (Å²) >= 11 is 10.8. The highest BCUT2D eigenvalue weighted by Gasteiger charge is 2.10. The lowest BCUT2D eigenvalue weighted by atomic mass is 9.91. The van der Waals surface area contributed by atoms with Gasteiger partial charge in [0.05, 0.1) is 5.03 Å². The molecule has 0 atom stereocenters. The quantitative estimate of drug-likeness (QED) is 0.391. The molecule has 0 aromatic carbocycles. The Morgan fingerprint density at radius 1 is 1.56 bits per heavy atom. The fourth-order valence-corrected chi connectivity index (χ4v) is 0.957. The van der Waals surface area contributed by atoms with Gasteiger partial charge >= 0.3 is 7.41 Å². The van der Waals surface area contributed by atoms with Crippen LogP contribution in [0, 0.1) is 0 Å². The van der Waals surface area contributed by atoms with E-state index in [4.69, 9.17) is 23.2 Å². The van der Waals surface area contributed by atoms with Gasteiger partial charge in [0, 0.05) is 11.1 Å². The molecule has 0 N–H and O–H groups in total. The third-order valence-corrected chi connectivity index (χ3v) is 1.18. The van der Waals surface area contributed by atoms with Gasteiger partial charge in [-0.1, -0.05) is 23.2 Å². The van der Waals surface area contributed by atoms with E-state index in [1.807, 2.05) is 0 Å². The zero-order chi connectivity index (χ0) is 6.85. The van der Waals surface area contributed by atoms with Gasteiger partial charge in [0.2, 0.25) is 0 Å². The zero-order valence-electron chi connectivity index (χ0n) is 4.31. The first kappa shape index (κ1) is 6.97.